The molecule has 0 saturated carbocycles. The summed E-state index contributed by atoms with van der Waals surface area (Å²) in [5.74, 6) is 0.854. The van der Waals surface area contributed by atoms with Crippen LogP contribution in [-0.2, 0) is 17.6 Å². The number of fused-ring (bicyclic) bond motifs is 3. The number of carbonyl (C=O) groups excluding carboxylic acids is 2. The Morgan fingerprint density at radius 1 is 1.37 bits per heavy atom. The average Bonchev–Trinajstić information content (AvgIpc) is 3.22. The first kappa shape index (κ1) is 18.1. The van der Waals surface area contributed by atoms with E-state index >= 15 is 0 Å². The summed E-state index contributed by atoms with van der Waals surface area (Å²) in [6.07, 6.45) is 2.37. The fourth-order valence-electron chi connectivity index (χ4n) is 3.82. The highest BCUT2D eigenvalue weighted by molar-refractivity contribution is 7.98. The SMILES string of the molecule is Cc1ccc2c(c1)-c1c(c(C(=O)NCCCN3CCCC3=O)nn1C)CS2. The van der Waals surface area contributed by atoms with Crippen molar-refractivity contribution < 1.29 is 9.59 Å². The molecule has 1 saturated heterocycles. The van der Waals surface area contributed by atoms with Crippen LogP contribution in [0.2, 0.25) is 0 Å². The molecule has 2 aliphatic heterocycles. The molecule has 4 rings (SSSR count). The lowest BCUT2D eigenvalue weighted by molar-refractivity contribution is -0.127. The summed E-state index contributed by atoms with van der Waals surface area (Å²) in [7, 11) is 1.90. The van der Waals surface area contributed by atoms with Crippen molar-refractivity contribution in [3.8, 4) is 11.3 Å². The number of aryl methyl sites for hydroxylation is 2. The molecule has 142 valence electrons. The minimum atomic E-state index is -0.128. The zero-order valence-electron chi connectivity index (χ0n) is 15.7. The Bertz CT molecular complexity index is 906. The van der Waals surface area contributed by atoms with Crippen LogP contribution in [0, 0.1) is 6.92 Å². The summed E-state index contributed by atoms with van der Waals surface area (Å²) in [5.41, 5.74) is 4.92. The first-order valence-electron chi connectivity index (χ1n) is 9.40. The smallest absolute Gasteiger partial charge is 0.272 e. The summed E-state index contributed by atoms with van der Waals surface area (Å²) < 4.78 is 1.82. The third-order valence-corrected chi connectivity index (χ3v) is 6.28. The average molecular weight is 385 g/mol. The second-order valence-electron chi connectivity index (χ2n) is 7.18. The van der Waals surface area contributed by atoms with Crippen molar-refractivity contribution in [2.75, 3.05) is 19.6 Å². The molecule has 2 aliphatic rings. The Balaban J connectivity index is 1.45. The van der Waals surface area contributed by atoms with Gasteiger partial charge in [-0.05, 0) is 31.9 Å². The number of benzene rings is 1. The largest absolute Gasteiger partial charge is 0.351 e. The van der Waals surface area contributed by atoms with Gasteiger partial charge in [-0.25, -0.2) is 0 Å². The van der Waals surface area contributed by atoms with Crippen molar-refractivity contribution in [3.63, 3.8) is 0 Å². The zero-order valence-corrected chi connectivity index (χ0v) is 16.6. The maximum absolute atomic E-state index is 12.7. The van der Waals surface area contributed by atoms with Gasteiger partial charge in [-0.2, -0.15) is 5.10 Å². The first-order chi connectivity index (χ1) is 13.0. The Hall–Kier alpha value is -2.28. The molecule has 1 fully saturated rings. The Morgan fingerprint density at radius 3 is 3.00 bits per heavy atom. The van der Waals surface area contributed by atoms with Crippen LogP contribution in [0.25, 0.3) is 11.3 Å². The van der Waals surface area contributed by atoms with Crippen LogP contribution >= 0.6 is 11.8 Å². The molecule has 7 heteroatoms. The number of nitrogens with zero attached hydrogens (tertiary/aromatic N) is 3. The van der Waals surface area contributed by atoms with Gasteiger partial charge in [0.2, 0.25) is 5.91 Å². The van der Waals surface area contributed by atoms with Crippen molar-refractivity contribution in [2.45, 2.75) is 36.8 Å². The van der Waals surface area contributed by atoms with E-state index in [-0.39, 0.29) is 11.8 Å². The second-order valence-corrected chi connectivity index (χ2v) is 8.20. The second kappa shape index (κ2) is 7.38. The molecule has 1 aromatic heterocycles. The van der Waals surface area contributed by atoms with E-state index in [9.17, 15) is 9.59 Å². The van der Waals surface area contributed by atoms with E-state index in [1.165, 1.54) is 10.5 Å². The lowest BCUT2D eigenvalue weighted by Crippen LogP contribution is -2.31. The van der Waals surface area contributed by atoms with Crippen molar-refractivity contribution in [1.82, 2.24) is 20.0 Å². The normalized spacial score (nSPS) is 15.6. The van der Waals surface area contributed by atoms with E-state index in [2.05, 4.69) is 35.5 Å². The molecule has 6 nitrogen and oxygen atoms in total. The van der Waals surface area contributed by atoms with Gasteiger partial charge in [0, 0.05) is 54.9 Å². The number of rotatable bonds is 5. The van der Waals surface area contributed by atoms with Gasteiger partial charge in [-0.3, -0.25) is 14.3 Å². The van der Waals surface area contributed by atoms with Crippen molar-refractivity contribution in [2.24, 2.45) is 7.05 Å². The molecule has 1 N–H and O–H groups in total. The fraction of sp³-hybridized carbons (Fsp3) is 0.450. The monoisotopic (exact) mass is 384 g/mol. The molecule has 27 heavy (non-hydrogen) atoms. The lowest BCUT2D eigenvalue weighted by atomic mass is 10.0. The van der Waals surface area contributed by atoms with Gasteiger partial charge in [0.15, 0.2) is 5.69 Å². The number of carbonyl (C=O) groups is 2. The highest BCUT2D eigenvalue weighted by Gasteiger charge is 2.27. The quantitative estimate of drug-likeness (QED) is 0.805. The van der Waals surface area contributed by atoms with Crippen LogP contribution in [0.5, 0.6) is 0 Å². The van der Waals surface area contributed by atoms with Crippen LogP contribution < -0.4 is 5.32 Å². The topological polar surface area (TPSA) is 67.2 Å². The van der Waals surface area contributed by atoms with Crippen LogP contribution in [0.3, 0.4) is 0 Å². The summed E-state index contributed by atoms with van der Waals surface area (Å²) in [4.78, 5) is 27.4. The van der Waals surface area contributed by atoms with E-state index in [4.69, 9.17) is 0 Å². The predicted molar refractivity (Wildman–Crippen MR) is 106 cm³/mol. The molecule has 0 spiro atoms. The maximum Gasteiger partial charge on any atom is 0.272 e. The zero-order chi connectivity index (χ0) is 19.0. The molecular formula is C20H24N4O2S. The van der Waals surface area contributed by atoms with Crippen LogP contribution in [0.1, 0.15) is 40.9 Å². The molecule has 1 aromatic carbocycles. The predicted octanol–water partition coefficient (Wildman–Crippen LogP) is 2.74. The number of nitrogens with one attached hydrogen (secondary N) is 1. The number of likely N-dealkylation sites (tertiary alicyclic amines) is 1. The molecule has 0 aliphatic carbocycles. The first-order valence-corrected chi connectivity index (χ1v) is 10.4. The molecule has 0 unspecified atom stereocenters. The van der Waals surface area contributed by atoms with Crippen molar-refractivity contribution in [1.29, 1.82) is 0 Å². The fourth-order valence-corrected chi connectivity index (χ4v) is 4.87. The number of hydrogen-bond acceptors (Lipinski definition) is 4. The van der Waals surface area contributed by atoms with E-state index in [1.807, 2.05) is 16.6 Å². The summed E-state index contributed by atoms with van der Waals surface area (Å²) in [6, 6.07) is 6.42. The highest BCUT2D eigenvalue weighted by Crippen LogP contribution is 2.42. The summed E-state index contributed by atoms with van der Waals surface area (Å²) in [6.45, 7) is 4.18. The van der Waals surface area contributed by atoms with Crippen LogP contribution in [-0.4, -0.2) is 46.1 Å². The van der Waals surface area contributed by atoms with Gasteiger partial charge in [-0.1, -0.05) is 11.6 Å². The minimum absolute atomic E-state index is 0.128. The van der Waals surface area contributed by atoms with Gasteiger partial charge in [0.1, 0.15) is 0 Å². The minimum Gasteiger partial charge on any atom is -0.351 e. The van der Waals surface area contributed by atoms with Gasteiger partial charge in [0.25, 0.3) is 5.91 Å². The number of aromatic nitrogens is 2. The van der Waals surface area contributed by atoms with Gasteiger partial charge >= 0.3 is 0 Å². The van der Waals surface area contributed by atoms with E-state index < -0.39 is 0 Å². The summed E-state index contributed by atoms with van der Waals surface area (Å²) >= 11 is 1.75. The molecular weight excluding hydrogens is 360 g/mol. The number of hydrogen-bond donors (Lipinski definition) is 1. The van der Waals surface area contributed by atoms with E-state index in [0.29, 0.717) is 25.2 Å². The van der Waals surface area contributed by atoms with Gasteiger partial charge < -0.3 is 10.2 Å². The standard InChI is InChI=1S/C20H24N4O2S/c1-13-6-7-16-14(11-13)19-15(12-27-16)18(22-23(19)2)20(26)21-8-4-10-24-9-3-5-17(24)25/h6-7,11H,3-5,8-10,12H2,1-2H3,(H,21,26). The Morgan fingerprint density at radius 2 is 2.22 bits per heavy atom. The van der Waals surface area contributed by atoms with Crippen molar-refractivity contribution in [3.05, 3.63) is 35.0 Å². The lowest BCUT2D eigenvalue weighted by Gasteiger charge is -2.18. The Labute approximate surface area is 163 Å². The van der Waals surface area contributed by atoms with Gasteiger partial charge in [-0.15, -0.1) is 11.8 Å². The molecule has 2 amide bonds. The van der Waals surface area contributed by atoms with E-state index in [1.54, 1.807) is 11.8 Å². The number of thioether (sulfide) groups is 1. The molecule has 3 heterocycles. The summed E-state index contributed by atoms with van der Waals surface area (Å²) in [5, 5.41) is 7.49. The highest BCUT2D eigenvalue weighted by atomic mass is 32.2. The van der Waals surface area contributed by atoms with E-state index in [0.717, 1.165) is 42.0 Å². The Kier molecular flexibility index (Phi) is 4.95. The number of amides is 2. The van der Waals surface area contributed by atoms with Crippen LogP contribution in [0.15, 0.2) is 23.1 Å². The molecule has 0 radical (unpaired) electrons. The maximum atomic E-state index is 12.7. The van der Waals surface area contributed by atoms with Crippen molar-refractivity contribution >= 4 is 23.6 Å². The third kappa shape index (κ3) is 3.48. The molecule has 2 aromatic rings. The van der Waals surface area contributed by atoms with Crippen LogP contribution in [0.4, 0.5) is 0 Å². The molecule has 0 bridgehead atoms. The molecule has 0 atom stereocenters. The van der Waals surface area contributed by atoms with Gasteiger partial charge in [0.05, 0.1) is 5.69 Å². The third-order valence-electron chi connectivity index (χ3n) is 5.18.